The molecule has 1 aromatic carbocycles. The van der Waals surface area contributed by atoms with E-state index in [0.717, 1.165) is 0 Å². The Bertz CT molecular complexity index is 1660. The molecule has 0 heterocycles. The number of amides is 7. The molecular formula is C35H59N13O11S. The zero-order valence-electron chi connectivity index (χ0n) is 33.4. The Morgan fingerprint density at radius 3 is 1.67 bits per heavy atom. The Labute approximate surface area is 351 Å². The molecule has 0 fully saturated rings. The zero-order chi connectivity index (χ0) is 45.7. The molecule has 0 saturated carbocycles. The summed E-state index contributed by atoms with van der Waals surface area (Å²) in [5.41, 5.74) is 28.5. The van der Waals surface area contributed by atoms with E-state index >= 15 is 0 Å². The van der Waals surface area contributed by atoms with Crippen LogP contribution < -0.4 is 65.9 Å². The number of phenolic OH excluding ortho intramolecular Hbond substituents is 1. The summed E-state index contributed by atoms with van der Waals surface area (Å²) >= 11 is 4.44. The summed E-state index contributed by atoms with van der Waals surface area (Å²) in [6.45, 7) is 1.78. The van der Waals surface area contributed by atoms with Gasteiger partial charge in [0.05, 0.1) is 19.1 Å². The lowest BCUT2D eigenvalue weighted by atomic mass is 9.99. The topological polar surface area (TPSA) is 435 Å². The smallest absolute Gasteiger partial charge is 0.326 e. The minimum atomic E-state index is -1.72. The van der Waals surface area contributed by atoms with E-state index in [9.17, 15) is 53.7 Å². The lowest BCUT2D eigenvalue weighted by Crippen LogP contribution is -2.62. The fourth-order valence-electron chi connectivity index (χ4n) is 5.40. The van der Waals surface area contributed by atoms with Crippen LogP contribution in [-0.2, 0) is 44.8 Å². The number of aliphatic hydroxyl groups excluding tert-OH is 1. The molecule has 21 N–H and O–H groups in total. The number of aliphatic hydroxyl groups is 1. The molecule has 0 aliphatic rings. The number of hydrogen-bond acceptors (Lipinski definition) is 15. The number of primary amides is 1. The van der Waals surface area contributed by atoms with Gasteiger partial charge in [-0.15, -0.1) is 0 Å². The van der Waals surface area contributed by atoms with E-state index in [-0.39, 0.29) is 63.4 Å². The summed E-state index contributed by atoms with van der Waals surface area (Å²) in [6.07, 6.45) is -1.21. The number of nitrogens with one attached hydrogen (secondary N) is 8. The van der Waals surface area contributed by atoms with Crippen LogP contribution in [0.25, 0.3) is 0 Å². The molecular weight excluding hydrogens is 811 g/mol. The van der Waals surface area contributed by atoms with E-state index in [0.29, 0.717) is 5.56 Å². The van der Waals surface area contributed by atoms with Gasteiger partial charge in [-0.1, -0.05) is 12.1 Å². The van der Waals surface area contributed by atoms with Crippen LogP contribution in [0.2, 0.25) is 0 Å². The summed E-state index contributed by atoms with van der Waals surface area (Å²) in [6, 6.07) is -4.45. The first-order valence-corrected chi connectivity index (χ1v) is 19.2. The van der Waals surface area contributed by atoms with Crippen molar-refractivity contribution in [2.45, 2.75) is 99.4 Å². The monoisotopic (exact) mass is 869 g/mol. The van der Waals surface area contributed by atoms with Crippen molar-refractivity contribution in [3.8, 4) is 5.75 Å². The Kier molecular flexibility index (Phi) is 22.4. The van der Waals surface area contributed by atoms with E-state index < -0.39 is 107 Å². The Balaban J connectivity index is 3.30. The SMILES string of the molecule is CC(C)(S)[C@H](NC(=O)[C@@H](N)Cc1ccc(O)cc1)C(=O)N[C@@H](CC(N)=O)C(=O)N[C@@H](CCCNC(=N)N)C(=O)N[C@@H](CCN)C(=O)N[C@@H](CO)C(=O)N[C@H](CCN)C(=O)O. The summed E-state index contributed by atoms with van der Waals surface area (Å²) in [7, 11) is 0. The van der Waals surface area contributed by atoms with Crippen molar-refractivity contribution in [1.29, 1.82) is 5.41 Å². The third kappa shape index (κ3) is 18.9. The molecule has 25 heteroatoms. The van der Waals surface area contributed by atoms with E-state index in [2.05, 4.69) is 49.8 Å². The van der Waals surface area contributed by atoms with Gasteiger partial charge in [-0.25, -0.2) is 4.79 Å². The second-order valence-electron chi connectivity index (χ2n) is 14.2. The minimum Gasteiger partial charge on any atom is -0.508 e. The molecule has 1 rings (SSSR count). The molecule has 336 valence electrons. The number of aliphatic carboxylic acids is 1. The maximum Gasteiger partial charge on any atom is 0.326 e. The lowest BCUT2D eigenvalue weighted by molar-refractivity contribution is -0.142. The Hall–Kier alpha value is -5.76. The van der Waals surface area contributed by atoms with Crippen molar-refractivity contribution in [2.75, 3.05) is 26.2 Å². The molecule has 7 atom stereocenters. The van der Waals surface area contributed by atoms with Crippen molar-refractivity contribution in [3.05, 3.63) is 29.8 Å². The van der Waals surface area contributed by atoms with E-state index in [1.807, 2.05) is 0 Å². The zero-order valence-corrected chi connectivity index (χ0v) is 34.3. The maximum atomic E-state index is 13.7. The van der Waals surface area contributed by atoms with Crippen molar-refractivity contribution < 1.29 is 53.7 Å². The van der Waals surface area contributed by atoms with Crippen molar-refractivity contribution in [1.82, 2.24) is 37.2 Å². The van der Waals surface area contributed by atoms with Gasteiger partial charge < -0.3 is 81.2 Å². The van der Waals surface area contributed by atoms with Gasteiger partial charge >= 0.3 is 5.97 Å². The normalized spacial score (nSPS) is 14.7. The number of phenols is 1. The van der Waals surface area contributed by atoms with Crippen LogP contribution in [0.1, 0.15) is 51.5 Å². The van der Waals surface area contributed by atoms with E-state index in [1.165, 1.54) is 26.0 Å². The molecule has 7 amide bonds. The second kappa shape index (κ2) is 25.7. The highest BCUT2D eigenvalue weighted by Gasteiger charge is 2.38. The number of carboxylic acid groups (broad SMARTS) is 1. The van der Waals surface area contributed by atoms with Crippen LogP contribution >= 0.6 is 12.6 Å². The highest BCUT2D eigenvalue weighted by atomic mass is 32.1. The second-order valence-corrected chi connectivity index (χ2v) is 15.4. The molecule has 0 saturated heterocycles. The number of aromatic hydroxyl groups is 1. The van der Waals surface area contributed by atoms with Crippen LogP contribution in [-0.4, -0.2) is 142 Å². The maximum absolute atomic E-state index is 13.7. The number of guanidine groups is 1. The molecule has 24 nitrogen and oxygen atoms in total. The average molecular weight is 870 g/mol. The first-order chi connectivity index (χ1) is 28.0. The summed E-state index contributed by atoms with van der Waals surface area (Å²) in [5.74, 6) is -8.72. The minimum absolute atomic E-state index is 0.00403. The third-order valence-corrected chi connectivity index (χ3v) is 8.87. The Morgan fingerprint density at radius 2 is 1.18 bits per heavy atom. The van der Waals surface area contributed by atoms with Crippen LogP contribution in [0, 0.1) is 5.41 Å². The number of carbonyl (C=O) groups is 8. The predicted molar refractivity (Wildman–Crippen MR) is 219 cm³/mol. The van der Waals surface area contributed by atoms with E-state index in [1.54, 1.807) is 12.1 Å². The molecule has 0 aliphatic carbocycles. The van der Waals surface area contributed by atoms with Crippen molar-refractivity contribution >= 4 is 65.9 Å². The molecule has 0 aliphatic heterocycles. The fourth-order valence-corrected chi connectivity index (χ4v) is 5.58. The first-order valence-electron chi connectivity index (χ1n) is 18.7. The lowest BCUT2D eigenvalue weighted by Gasteiger charge is -2.32. The summed E-state index contributed by atoms with van der Waals surface area (Å²) in [5, 5.41) is 52.7. The molecule has 0 spiro atoms. The van der Waals surface area contributed by atoms with Crippen LogP contribution in [0.3, 0.4) is 0 Å². The number of carboxylic acids is 1. The highest BCUT2D eigenvalue weighted by molar-refractivity contribution is 7.81. The van der Waals surface area contributed by atoms with Crippen molar-refractivity contribution in [3.63, 3.8) is 0 Å². The third-order valence-electron chi connectivity index (χ3n) is 8.61. The van der Waals surface area contributed by atoms with Gasteiger partial charge in [0, 0.05) is 11.3 Å². The number of rotatable bonds is 27. The molecule has 0 radical (unpaired) electrons. The molecule has 0 bridgehead atoms. The van der Waals surface area contributed by atoms with Gasteiger partial charge in [0.15, 0.2) is 5.96 Å². The molecule has 0 aromatic heterocycles. The number of thiol groups is 1. The number of nitrogens with two attached hydrogens (primary N) is 5. The van der Waals surface area contributed by atoms with Gasteiger partial charge in [0.25, 0.3) is 0 Å². The van der Waals surface area contributed by atoms with Crippen LogP contribution in [0.5, 0.6) is 5.75 Å². The number of carbonyl (C=O) groups excluding carboxylic acids is 7. The quantitative estimate of drug-likeness (QED) is 0.0169. The van der Waals surface area contributed by atoms with Crippen molar-refractivity contribution in [2.24, 2.45) is 28.7 Å². The van der Waals surface area contributed by atoms with Gasteiger partial charge in [0.1, 0.15) is 42.0 Å². The van der Waals surface area contributed by atoms with Gasteiger partial charge in [-0.2, -0.15) is 12.6 Å². The van der Waals surface area contributed by atoms with E-state index in [4.69, 9.17) is 34.1 Å². The predicted octanol–water partition coefficient (Wildman–Crippen LogP) is -6.21. The summed E-state index contributed by atoms with van der Waals surface area (Å²) < 4.78 is -1.28. The van der Waals surface area contributed by atoms with Crippen LogP contribution in [0.15, 0.2) is 24.3 Å². The molecule has 0 unspecified atom stereocenters. The highest BCUT2D eigenvalue weighted by Crippen LogP contribution is 2.19. The van der Waals surface area contributed by atoms with Crippen LogP contribution in [0.4, 0.5) is 0 Å². The number of hydrogen-bond donors (Lipinski definition) is 17. The van der Waals surface area contributed by atoms with Gasteiger partial charge in [0.2, 0.25) is 41.4 Å². The largest absolute Gasteiger partial charge is 0.508 e. The average Bonchev–Trinajstić information content (AvgIpc) is 3.15. The van der Waals surface area contributed by atoms with Gasteiger partial charge in [-0.05, 0) is 76.7 Å². The first kappa shape index (κ1) is 52.3. The molecule has 60 heavy (non-hydrogen) atoms. The van der Waals surface area contributed by atoms with Gasteiger partial charge in [-0.3, -0.25) is 39.0 Å². The fraction of sp³-hybridized carbons (Fsp3) is 0.571. The number of benzene rings is 1. The Morgan fingerprint density at radius 1 is 0.717 bits per heavy atom. The standard InChI is InChI=1S/C35H59N13O11S/c1-35(2,60)26(48-27(52)19(38)14-17-5-7-18(50)8-6-17)32(57)46-23(15-25(39)51)30(55)43-20(4-3-13-42-34(40)41)28(53)44-21(9-11-36)29(54)47-24(16-49)31(56)45-22(10-12-37)33(58)59/h5-8,19-24,26,49-50,60H,3-4,9-16,36-38H2,1-2H3,(H2,39,51)(H,43,55)(H,44,53)(H,45,56)(H,46,57)(H,47,54)(H,48,52)(H,58,59)(H4,40,41,42)/t19-,20-,21-,22+,23-,24-,26+/m0/s1. The molecule has 1 aromatic rings. The summed E-state index contributed by atoms with van der Waals surface area (Å²) in [4.78, 5) is 104.